The van der Waals surface area contributed by atoms with Gasteiger partial charge in [0.25, 0.3) is 6.43 Å². The van der Waals surface area contributed by atoms with E-state index in [-0.39, 0.29) is 11.6 Å². The van der Waals surface area contributed by atoms with Gasteiger partial charge in [-0.15, -0.1) is 5.10 Å². The van der Waals surface area contributed by atoms with Crippen LogP contribution >= 0.6 is 11.6 Å². The van der Waals surface area contributed by atoms with Gasteiger partial charge in [0.05, 0.1) is 5.41 Å². The summed E-state index contributed by atoms with van der Waals surface area (Å²) in [7, 11) is 0. The number of tetrazole rings is 1. The number of hydrogen-bond donors (Lipinski definition) is 2. The fraction of sp³-hybridized carbons (Fsp3) is 0.174. The van der Waals surface area contributed by atoms with Crippen molar-refractivity contribution < 1.29 is 13.6 Å². The van der Waals surface area contributed by atoms with Crippen molar-refractivity contribution in [3.05, 3.63) is 77.1 Å². The molecule has 4 aromatic rings. The number of amides is 1. The van der Waals surface area contributed by atoms with Crippen molar-refractivity contribution in [3.63, 3.8) is 0 Å². The van der Waals surface area contributed by atoms with Crippen molar-refractivity contribution in [2.24, 2.45) is 0 Å². The lowest BCUT2D eigenvalue weighted by molar-refractivity contribution is -0.118. The average molecular weight is 467 g/mol. The summed E-state index contributed by atoms with van der Waals surface area (Å²) in [5, 5.41) is 17.5. The van der Waals surface area contributed by atoms with Gasteiger partial charge in [-0.1, -0.05) is 35.9 Å². The Bertz CT molecular complexity index is 1290. The highest BCUT2D eigenvalue weighted by atomic mass is 35.5. The van der Waals surface area contributed by atoms with Crippen LogP contribution in [0.2, 0.25) is 5.02 Å². The first-order valence-electron chi connectivity index (χ1n) is 10.2. The number of hydrogen-bond acceptors (Lipinski definition) is 5. The molecule has 0 unspecified atom stereocenters. The number of aromatic amines is 1. The van der Waals surface area contributed by atoms with E-state index in [0.717, 1.165) is 18.4 Å². The van der Waals surface area contributed by atoms with Gasteiger partial charge in [-0.05, 0) is 64.7 Å². The molecule has 2 N–H and O–H groups in total. The highest BCUT2D eigenvalue weighted by Crippen LogP contribution is 2.49. The fourth-order valence-electron chi connectivity index (χ4n) is 3.83. The van der Waals surface area contributed by atoms with Crippen LogP contribution in [0.25, 0.3) is 22.5 Å². The summed E-state index contributed by atoms with van der Waals surface area (Å²) in [6.07, 6.45) is 0.228. The van der Waals surface area contributed by atoms with Crippen LogP contribution < -0.4 is 5.32 Å². The molecule has 10 heteroatoms. The molecular formula is C23H17ClF2N6O. The van der Waals surface area contributed by atoms with Crippen LogP contribution in [0.5, 0.6) is 0 Å². The van der Waals surface area contributed by atoms with Gasteiger partial charge in [0.1, 0.15) is 5.69 Å². The Kier molecular flexibility index (Phi) is 5.33. The molecule has 2 aromatic carbocycles. The minimum absolute atomic E-state index is 0.109. The topological polar surface area (TPSA) is 96.5 Å². The van der Waals surface area contributed by atoms with E-state index in [1.165, 1.54) is 12.3 Å². The number of pyridine rings is 1. The van der Waals surface area contributed by atoms with E-state index in [2.05, 4.69) is 30.9 Å². The molecular weight excluding hydrogens is 450 g/mol. The standard InChI is InChI=1S/C23H17ClF2N6O/c24-15-4-2-14(3-5-15)23(9-10-23)22(33)28-16-6-7-17(18(11-16)21-29-31-32-30-21)13-1-8-19(20(25)26)27-12-13/h1-8,11-12,20H,9-10H2,(H,28,33)(H,29,30,31,32). The van der Waals surface area contributed by atoms with Crippen molar-refractivity contribution in [3.8, 4) is 22.5 Å². The highest BCUT2D eigenvalue weighted by Gasteiger charge is 2.51. The van der Waals surface area contributed by atoms with Crippen molar-refractivity contribution >= 4 is 23.2 Å². The van der Waals surface area contributed by atoms with Crippen molar-refractivity contribution in [1.29, 1.82) is 0 Å². The predicted molar refractivity (Wildman–Crippen MR) is 119 cm³/mol. The Morgan fingerprint density at radius 3 is 2.45 bits per heavy atom. The first-order chi connectivity index (χ1) is 16.0. The Balaban J connectivity index is 1.46. The van der Waals surface area contributed by atoms with Crippen molar-refractivity contribution in [2.45, 2.75) is 24.7 Å². The van der Waals surface area contributed by atoms with Gasteiger partial charge in [-0.25, -0.2) is 13.9 Å². The summed E-state index contributed by atoms with van der Waals surface area (Å²) in [5.41, 5.74) is 2.50. The molecule has 0 spiro atoms. The van der Waals surface area contributed by atoms with Crippen LogP contribution in [0.15, 0.2) is 60.8 Å². The number of H-pyrrole nitrogens is 1. The van der Waals surface area contributed by atoms with Gasteiger partial charge >= 0.3 is 0 Å². The number of rotatable bonds is 6. The van der Waals surface area contributed by atoms with E-state index >= 15 is 0 Å². The lowest BCUT2D eigenvalue weighted by Gasteiger charge is -2.17. The molecule has 0 bridgehead atoms. The molecule has 1 fully saturated rings. The molecule has 33 heavy (non-hydrogen) atoms. The van der Waals surface area contributed by atoms with E-state index in [1.54, 1.807) is 36.4 Å². The Labute approximate surface area is 192 Å². The monoisotopic (exact) mass is 466 g/mol. The molecule has 2 heterocycles. The molecule has 166 valence electrons. The minimum Gasteiger partial charge on any atom is -0.325 e. The largest absolute Gasteiger partial charge is 0.325 e. The molecule has 5 rings (SSSR count). The SMILES string of the molecule is O=C(Nc1ccc(-c2ccc(C(F)F)nc2)c(-c2nnn[nH]2)c1)C1(c2ccc(Cl)cc2)CC1. The maximum absolute atomic E-state index is 13.2. The molecule has 0 atom stereocenters. The third-order valence-electron chi connectivity index (χ3n) is 5.78. The van der Waals surface area contributed by atoms with Gasteiger partial charge in [0, 0.05) is 28.0 Å². The number of halogens is 3. The molecule has 1 aliphatic carbocycles. The highest BCUT2D eigenvalue weighted by molar-refractivity contribution is 6.30. The van der Waals surface area contributed by atoms with Gasteiger partial charge in [0.2, 0.25) is 5.91 Å². The first-order valence-corrected chi connectivity index (χ1v) is 10.5. The minimum atomic E-state index is -2.65. The molecule has 7 nitrogen and oxygen atoms in total. The number of anilines is 1. The van der Waals surface area contributed by atoms with Gasteiger partial charge in [-0.3, -0.25) is 9.78 Å². The number of carbonyl (C=O) groups excluding carboxylic acids is 1. The molecule has 1 saturated carbocycles. The zero-order chi connectivity index (χ0) is 23.0. The summed E-state index contributed by atoms with van der Waals surface area (Å²) in [5.74, 6) is 0.264. The maximum atomic E-state index is 13.2. The smallest absolute Gasteiger partial charge is 0.280 e. The number of aromatic nitrogens is 5. The number of nitrogens with zero attached hydrogens (tertiary/aromatic N) is 4. The van der Waals surface area contributed by atoms with Gasteiger partial charge < -0.3 is 5.32 Å². The zero-order valence-corrected chi connectivity index (χ0v) is 17.9. The Morgan fingerprint density at radius 2 is 1.85 bits per heavy atom. The maximum Gasteiger partial charge on any atom is 0.280 e. The van der Waals surface area contributed by atoms with Crippen LogP contribution in [-0.4, -0.2) is 31.5 Å². The van der Waals surface area contributed by atoms with Crippen molar-refractivity contribution in [2.75, 3.05) is 5.32 Å². The Hall–Kier alpha value is -3.72. The molecule has 2 aromatic heterocycles. The van der Waals surface area contributed by atoms with Crippen LogP contribution in [0.1, 0.15) is 30.5 Å². The number of benzene rings is 2. The van der Waals surface area contributed by atoms with Gasteiger partial charge in [0.15, 0.2) is 5.82 Å². The van der Waals surface area contributed by atoms with E-state index < -0.39 is 11.8 Å². The zero-order valence-electron chi connectivity index (χ0n) is 17.1. The second-order valence-electron chi connectivity index (χ2n) is 7.83. The van der Waals surface area contributed by atoms with E-state index in [1.807, 2.05) is 12.1 Å². The molecule has 0 aliphatic heterocycles. The van der Waals surface area contributed by atoms with Gasteiger partial charge in [-0.2, -0.15) is 0 Å². The number of alkyl halides is 2. The average Bonchev–Trinajstić information content (AvgIpc) is 3.45. The summed E-state index contributed by atoms with van der Waals surface area (Å²) in [6.45, 7) is 0. The quantitative estimate of drug-likeness (QED) is 0.407. The summed E-state index contributed by atoms with van der Waals surface area (Å²) in [4.78, 5) is 17.0. The number of nitrogens with one attached hydrogen (secondary N) is 2. The van der Waals surface area contributed by atoms with E-state index in [4.69, 9.17) is 11.6 Å². The summed E-state index contributed by atoms with van der Waals surface area (Å²) < 4.78 is 25.8. The fourth-order valence-corrected chi connectivity index (χ4v) is 3.95. The molecule has 0 radical (unpaired) electrons. The Morgan fingerprint density at radius 1 is 1.06 bits per heavy atom. The van der Waals surface area contributed by atoms with Crippen LogP contribution in [-0.2, 0) is 10.2 Å². The second-order valence-corrected chi connectivity index (χ2v) is 8.26. The molecule has 1 aliphatic rings. The third kappa shape index (κ3) is 4.07. The first kappa shape index (κ1) is 21.1. The second kappa shape index (κ2) is 8.32. The molecule has 1 amide bonds. The molecule has 0 saturated heterocycles. The van der Waals surface area contributed by atoms with Crippen LogP contribution in [0.3, 0.4) is 0 Å². The summed E-state index contributed by atoms with van der Waals surface area (Å²) >= 11 is 5.99. The van der Waals surface area contributed by atoms with E-state index in [0.29, 0.717) is 33.2 Å². The van der Waals surface area contributed by atoms with E-state index in [9.17, 15) is 13.6 Å². The summed E-state index contributed by atoms with van der Waals surface area (Å²) in [6, 6.07) is 15.4. The normalized spacial score (nSPS) is 14.3. The van der Waals surface area contributed by atoms with Crippen LogP contribution in [0, 0.1) is 0 Å². The lowest BCUT2D eigenvalue weighted by Crippen LogP contribution is -2.27. The lowest BCUT2D eigenvalue weighted by atomic mass is 9.94. The predicted octanol–water partition coefficient (Wildman–Crippen LogP) is 5.19. The number of carbonyl (C=O) groups is 1. The van der Waals surface area contributed by atoms with Crippen LogP contribution in [0.4, 0.5) is 14.5 Å². The third-order valence-corrected chi connectivity index (χ3v) is 6.03. The van der Waals surface area contributed by atoms with Crippen molar-refractivity contribution in [1.82, 2.24) is 25.6 Å².